The molecule has 1 aromatic heterocycles. The van der Waals surface area contributed by atoms with Crippen LogP contribution in [0.15, 0.2) is 22.8 Å². The van der Waals surface area contributed by atoms with Gasteiger partial charge in [0.2, 0.25) is 0 Å². The monoisotopic (exact) mass is 330 g/mol. The summed E-state index contributed by atoms with van der Waals surface area (Å²) in [6, 6.07) is 3.92. The van der Waals surface area contributed by atoms with Crippen LogP contribution < -0.4 is 5.32 Å². The van der Waals surface area contributed by atoms with Gasteiger partial charge in [0.05, 0.1) is 0 Å². The quantitative estimate of drug-likeness (QED) is 0.583. The minimum Gasteiger partial charge on any atom is -0.480 e. The van der Waals surface area contributed by atoms with Gasteiger partial charge < -0.3 is 15.2 Å². The third-order valence-corrected chi connectivity index (χ3v) is 2.83. The lowest BCUT2D eigenvalue weighted by molar-refractivity contribution is -0.139. The third kappa shape index (κ3) is 5.35. The molecule has 1 rings (SSSR count). The minimum atomic E-state index is -1.07. The number of pyridine rings is 1. The number of aromatic nitrogens is 1. The molecule has 19 heavy (non-hydrogen) atoms. The summed E-state index contributed by atoms with van der Waals surface area (Å²) in [6.45, 7) is 0.453. The molecule has 6 nitrogen and oxygen atoms in total. The molecule has 1 heterocycles. The molecule has 7 heteroatoms. The molecular weight excluding hydrogens is 316 g/mol. The number of hydrogen-bond donors (Lipinski definition) is 2. The Morgan fingerprint density at radius 1 is 1.53 bits per heavy atom. The molecule has 1 aromatic rings. The van der Waals surface area contributed by atoms with Crippen LogP contribution in [0.5, 0.6) is 0 Å². The van der Waals surface area contributed by atoms with E-state index in [0.717, 1.165) is 0 Å². The van der Waals surface area contributed by atoms with Crippen molar-refractivity contribution in [3.05, 3.63) is 28.5 Å². The molecule has 104 valence electrons. The Kier molecular flexibility index (Phi) is 6.44. The molecule has 0 aromatic carbocycles. The number of aliphatic carboxylic acids is 1. The lowest BCUT2D eigenvalue weighted by Gasteiger charge is -2.13. The van der Waals surface area contributed by atoms with Crippen molar-refractivity contribution in [2.75, 3.05) is 13.7 Å². The highest BCUT2D eigenvalue weighted by atomic mass is 79.9. The number of carboxylic acid groups (broad SMARTS) is 1. The van der Waals surface area contributed by atoms with Crippen LogP contribution in [0.4, 0.5) is 0 Å². The Balaban J connectivity index is 2.63. The summed E-state index contributed by atoms with van der Waals surface area (Å²) in [5, 5.41) is 11.5. The number of nitrogens with zero attached hydrogens (tertiary/aromatic N) is 1. The van der Waals surface area contributed by atoms with E-state index in [0.29, 0.717) is 24.1 Å². The van der Waals surface area contributed by atoms with Crippen molar-refractivity contribution in [3.63, 3.8) is 0 Å². The van der Waals surface area contributed by atoms with Gasteiger partial charge in [-0.25, -0.2) is 9.78 Å². The Labute approximate surface area is 119 Å². The van der Waals surface area contributed by atoms with Gasteiger partial charge in [-0.05, 0) is 40.9 Å². The second-order valence-corrected chi connectivity index (χ2v) is 4.66. The fourth-order valence-electron chi connectivity index (χ4n) is 1.46. The highest BCUT2D eigenvalue weighted by Crippen LogP contribution is 2.07. The van der Waals surface area contributed by atoms with E-state index in [4.69, 9.17) is 9.84 Å². The molecule has 0 aliphatic rings. The number of hydrogen-bond acceptors (Lipinski definition) is 4. The summed E-state index contributed by atoms with van der Waals surface area (Å²) in [5.74, 6) is -1.58. The zero-order chi connectivity index (χ0) is 14.3. The van der Waals surface area contributed by atoms with E-state index in [-0.39, 0.29) is 5.69 Å². The van der Waals surface area contributed by atoms with E-state index < -0.39 is 17.9 Å². The number of ether oxygens (including phenoxy) is 1. The zero-order valence-electron chi connectivity index (χ0n) is 10.4. The Morgan fingerprint density at radius 3 is 2.84 bits per heavy atom. The second kappa shape index (κ2) is 7.85. The molecule has 0 fully saturated rings. The number of halogens is 1. The molecule has 0 radical (unpaired) electrons. The molecule has 1 amide bonds. The minimum absolute atomic E-state index is 0.173. The van der Waals surface area contributed by atoms with Crippen molar-refractivity contribution in [3.8, 4) is 0 Å². The van der Waals surface area contributed by atoms with Crippen molar-refractivity contribution in [1.29, 1.82) is 0 Å². The van der Waals surface area contributed by atoms with E-state index in [1.165, 1.54) is 6.07 Å². The Morgan fingerprint density at radius 2 is 2.26 bits per heavy atom. The molecule has 0 aliphatic carbocycles. The summed E-state index contributed by atoms with van der Waals surface area (Å²) in [5.41, 5.74) is 0.173. The largest absolute Gasteiger partial charge is 0.480 e. The lowest BCUT2D eigenvalue weighted by atomic mass is 10.1. The predicted molar refractivity (Wildman–Crippen MR) is 71.9 cm³/mol. The van der Waals surface area contributed by atoms with Gasteiger partial charge in [-0.1, -0.05) is 6.07 Å². The van der Waals surface area contributed by atoms with Crippen LogP contribution in [0, 0.1) is 0 Å². The third-order valence-electron chi connectivity index (χ3n) is 2.39. The van der Waals surface area contributed by atoms with Gasteiger partial charge in [0.15, 0.2) is 0 Å². The van der Waals surface area contributed by atoms with Gasteiger partial charge in [0, 0.05) is 13.7 Å². The van der Waals surface area contributed by atoms with Crippen molar-refractivity contribution < 1.29 is 19.4 Å². The molecule has 0 saturated heterocycles. The number of amides is 1. The average Bonchev–Trinajstić information content (AvgIpc) is 2.37. The molecular formula is C12H15BrN2O4. The summed E-state index contributed by atoms with van der Waals surface area (Å²) in [7, 11) is 1.54. The number of carboxylic acids is 1. The van der Waals surface area contributed by atoms with Crippen LogP contribution in [0.1, 0.15) is 23.3 Å². The maximum atomic E-state index is 11.9. The summed E-state index contributed by atoms with van der Waals surface area (Å²) in [6.07, 6.45) is 0.864. The van der Waals surface area contributed by atoms with Gasteiger partial charge in [0.25, 0.3) is 5.91 Å². The van der Waals surface area contributed by atoms with Crippen LogP contribution >= 0.6 is 15.9 Å². The molecule has 2 N–H and O–H groups in total. The molecule has 1 unspecified atom stereocenters. The summed E-state index contributed by atoms with van der Waals surface area (Å²) < 4.78 is 5.37. The van der Waals surface area contributed by atoms with Crippen LogP contribution in [-0.2, 0) is 9.53 Å². The van der Waals surface area contributed by atoms with Crippen molar-refractivity contribution >= 4 is 27.8 Å². The SMILES string of the molecule is COCCCC(NC(=O)c1cccc(Br)n1)C(=O)O. The fourth-order valence-corrected chi connectivity index (χ4v) is 1.80. The highest BCUT2D eigenvalue weighted by Gasteiger charge is 2.20. The van der Waals surface area contributed by atoms with E-state index in [2.05, 4.69) is 26.2 Å². The van der Waals surface area contributed by atoms with E-state index >= 15 is 0 Å². The van der Waals surface area contributed by atoms with Gasteiger partial charge in [-0.3, -0.25) is 4.79 Å². The van der Waals surface area contributed by atoms with Gasteiger partial charge in [-0.15, -0.1) is 0 Å². The molecule has 0 saturated carbocycles. The topological polar surface area (TPSA) is 88.5 Å². The van der Waals surface area contributed by atoms with Gasteiger partial charge in [-0.2, -0.15) is 0 Å². The summed E-state index contributed by atoms with van der Waals surface area (Å²) in [4.78, 5) is 26.9. The zero-order valence-corrected chi connectivity index (χ0v) is 12.0. The highest BCUT2D eigenvalue weighted by molar-refractivity contribution is 9.10. The first kappa shape index (κ1) is 15.6. The first-order valence-corrected chi connectivity index (χ1v) is 6.49. The molecule has 1 atom stereocenters. The van der Waals surface area contributed by atoms with Crippen LogP contribution in [0.25, 0.3) is 0 Å². The van der Waals surface area contributed by atoms with Crippen LogP contribution in [0.2, 0.25) is 0 Å². The summed E-state index contributed by atoms with van der Waals surface area (Å²) >= 11 is 3.15. The van der Waals surface area contributed by atoms with Crippen LogP contribution in [-0.4, -0.2) is 41.7 Å². The van der Waals surface area contributed by atoms with Crippen molar-refractivity contribution in [1.82, 2.24) is 10.3 Å². The van der Waals surface area contributed by atoms with Gasteiger partial charge >= 0.3 is 5.97 Å². The standard InChI is InChI=1S/C12H15BrN2O4/c1-19-7-3-5-9(12(17)18)15-11(16)8-4-2-6-10(13)14-8/h2,4,6,9H,3,5,7H2,1H3,(H,15,16)(H,17,18). The number of carbonyl (C=O) groups excluding carboxylic acids is 1. The average molecular weight is 331 g/mol. The number of methoxy groups -OCH3 is 1. The molecule has 0 bridgehead atoms. The lowest BCUT2D eigenvalue weighted by Crippen LogP contribution is -2.41. The fraction of sp³-hybridized carbons (Fsp3) is 0.417. The van der Waals surface area contributed by atoms with E-state index in [1.807, 2.05) is 0 Å². The second-order valence-electron chi connectivity index (χ2n) is 3.84. The maximum Gasteiger partial charge on any atom is 0.326 e. The first-order valence-electron chi connectivity index (χ1n) is 5.69. The maximum absolute atomic E-state index is 11.9. The van der Waals surface area contributed by atoms with Crippen LogP contribution in [0.3, 0.4) is 0 Å². The van der Waals surface area contributed by atoms with Gasteiger partial charge in [0.1, 0.15) is 16.3 Å². The molecule has 0 aliphatic heterocycles. The first-order chi connectivity index (χ1) is 9.04. The smallest absolute Gasteiger partial charge is 0.326 e. The molecule has 0 spiro atoms. The van der Waals surface area contributed by atoms with Crippen molar-refractivity contribution in [2.24, 2.45) is 0 Å². The number of rotatable bonds is 7. The van der Waals surface area contributed by atoms with Crippen molar-refractivity contribution in [2.45, 2.75) is 18.9 Å². The van der Waals surface area contributed by atoms with E-state index in [1.54, 1.807) is 19.2 Å². The Bertz CT molecular complexity index is 453. The number of nitrogens with one attached hydrogen (secondary N) is 1. The predicted octanol–water partition coefficient (Wildman–Crippen LogP) is 1.45. The normalized spacial score (nSPS) is 11.9. The van der Waals surface area contributed by atoms with E-state index in [9.17, 15) is 9.59 Å². The Hall–Kier alpha value is -1.47. The number of carbonyl (C=O) groups is 2.